The van der Waals surface area contributed by atoms with Crippen LogP contribution in [0.1, 0.15) is 13.3 Å². The molecule has 0 aliphatic heterocycles. The maximum atomic E-state index is 5.11. The molecule has 0 aliphatic rings. The molecule has 2 nitrogen and oxygen atoms in total. The van der Waals surface area contributed by atoms with E-state index in [1.807, 2.05) is 0 Å². The molecule has 18 heavy (non-hydrogen) atoms. The highest BCUT2D eigenvalue weighted by Gasteiger charge is 2.06. The Morgan fingerprint density at radius 2 is 1.89 bits per heavy atom. The zero-order valence-electron chi connectivity index (χ0n) is 10.7. The Labute approximate surface area is 116 Å². The van der Waals surface area contributed by atoms with Crippen molar-refractivity contribution in [3.8, 4) is 0 Å². The summed E-state index contributed by atoms with van der Waals surface area (Å²) in [5.41, 5.74) is 1.18. The summed E-state index contributed by atoms with van der Waals surface area (Å²) in [6.45, 7) is 2.96. The molecule has 2 aromatic carbocycles. The first-order valence-electron chi connectivity index (χ1n) is 6.15. The van der Waals surface area contributed by atoms with Gasteiger partial charge >= 0.3 is 0 Å². The van der Waals surface area contributed by atoms with Crippen LogP contribution in [0.15, 0.2) is 40.9 Å². The monoisotopic (exact) mass is 307 g/mol. The van der Waals surface area contributed by atoms with Crippen LogP contribution in [0.25, 0.3) is 10.8 Å². The lowest BCUT2D eigenvalue weighted by atomic mass is 10.1. The number of halogens is 1. The molecule has 0 spiro atoms. The highest BCUT2D eigenvalue weighted by molar-refractivity contribution is 9.10. The van der Waals surface area contributed by atoms with Crippen molar-refractivity contribution in [1.29, 1.82) is 0 Å². The van der Waals surface area contributed by atoms with Crippen LogP contribution >= 0.6 is 15.9 Å². The Hall–Kier alpha value is -1.06. The van der Waals surface area contributed by atoms with Gasteiger partial charge in [-0.05, 0) is 30.9 Å². The number of anilines is 1. The Morgan fingerprint density at radius 3 is 2.61 bits per heavy atom. The van der Waals surface area contributed by atoms with Crippen LogP contribution < -0.4 is 5.32 Å². The highest BCUT2D eigenvalue weighted by atomic mass is 79.9. The molecule has 0 heterocycles. The summed E-state index contributed by atoms with van der Waals surface area (Å²) in [7, 11) is 1.74. The summed E-state index contributed by atoms with van der Waals surface area (Å²) in [4.78, 5) is 0. The van der Waals surface area contributed by atoms with Gasteiger partial charge in [0.15, 0.2) is 0 Å². The fraction of sp³-hybridized carbons (Fsp3) is 0.333. The molecule has 0 bridgehead atoms. The first-order chi connectivity index (χ1) is 8.72. The standard InChI is InChI=1S/C15H18BrNO/c1-11(9-10-18-2)17-15-8-7-14(16)12-5-3-4-6-13(12)15/h3-8,11,17H,9-10H2,1-2H3. The van der Waals surface area contributed by atoms with Gasteiger partial charge in [0, 0.05) is 35.3 Å². The van der Waals surface area contributed by atoms with Crippen molar-refractivity contribution >= 4 is 32.4 Å². The van der Waals surface area contributed by atoms with Crippen molar-refractivity contribution in [2.75, 3.05) is 19.0 Å². The number of nitrogens with one attached hydrogen (secondary N) is 1. The SMILES string of the molecule is COCCC(C)Nc1ccc(Br)c2ccccc12. The molecule has 3 heteroatoms. The third kappa shape index (κ3) is 3.03. The molecule has 0 saturated carbocycles. The number of ether oxygens (including phenoxy) is 1. The lowest BCUT2D eigenvalue weighted by Crippen LogP contribution is -2.17. The molecule has 1 atom stereocenters. The van der Waals surface area contributed by atoms with E-state index in [9.17, 15) is 0 Å². The molecule has 0 saturated heterocycles. The predicted molar refractivity (Wildman–Crippen MR) is 81.2 cm³/mol. The molecule has 2 aromatic rings. The Balaban J connectivity index is 2.26. The maximum absolute atomic E-state index is 5.11. The lowest BCUT2D eigenvalue weighted by molar-refractivity contribution is 0.191. The molecule has 96 valence electrons. The first-order valence-corrected chi connectivity index (χ1v) is 6.94. The smallest absolute Gasteiger partial charge is 0.0481 e. The molecule has 0 radical (unpaired) electrons. The predicted octanol–water partition coefficient (Wildman–Crippen LogP) is 4.44. The van der Waals surface area contributed by atoms with E-state index in [1.165, 1.54) is 16.5 Å². The second-order valence-electron chi connectivity index (χ2n) is 4.47. The van der Waals surface area contributed by atoms with Crippen molar-refractivity contribution in [2.24, 2.45) is 0 Å². The average Bonchev–Trinajstić information content (AvgIpc) is 2.40. The Kier molecular flexibility index (Phi) is 4.61. The van der Waals surface area contributed by atoms with Gasteiger partial charge in [-0.15, -0.1) is 0 Å². The molecule has 0 fully saturated rings. The number of methoxy groups -OCH3 is 1. The van der Waals surface area contributed by atoms with Crippen LogP contribution in [-0.2, 0) is 4.74 Å². The summed E-state index contributed by atoms with van der Waals surface area (Å²) < 4.78 is 6.24. The van der Waals surface area contributed by atoms with E-state index in [1.54, 1.807) is 7.11 Å². The molecular weight excluding hydrogens is 290 g/mol. The van der Waals surface area contributed by atoms with E-state index < -0.39 is 0 Å². The van der Waals surface area contributed by atoms with Crippen molar-refractivity contribution in [1.82, 2.24) is 0 Å². The number of hydrogen-bond acceptors (Lipinski definition) is 2. The molecule has 0 amide bonds. The van der Waals surface area contributed by atoms with Crippen LogP contribution in [0, 0.1) is 0 Å². The Bertz CT molecular complexity index is 527. The molecule has 2 rings (SSSR count). The summed E-state index contributed by atoms with van der Waals surface area (Å²) in [6.07, 6.45) is 1.00. The minimum absolute atomic E-state index is 0.398. The fourth-order valence-corrected chi connectivity index (χ4v) is 2.50. The van der Waals surface area contributed by atoms with E-state index in [0.717, 1.165) is 17.5 Å². The Morgan fingerprint density at radius 1 is 1.17 bits per heavy atom. The largest absolute Gasteiger partial charge is 0.385 e. The zero-order valence-corrected chi connectivity index (χ0v) is 12.3. The second-order valence-corrected chi connectivity index (χ2v) is 5.32. The van der Waals surface area contributed by atoms with E-state index >= 15 is 0 Å². The van der Waals surface area contributed by atoms with Gasteiger partial charge in [0.2, 0.25) is 0 Å². The lowest BCUT2D eigenvalue weighted by Gasteiger charge is -2.17. The quantitative estimate of drug-likeness (QED) is 0.881. The second kappa shape index (κ2) is 6.21. The van der Waals surface area contributed by atoms with Gasteiger partial charge in [-0.1, -0.05) is 40.2 Å². The third-order valence-electron chi connectivity index (χ3n) is 3.03. The van der Waals surface area contributed by atoms with Crippen molar-refractivity contribution in [3.05, 3.63) is 40.9 Å². The average molecular weight is 308 g/mol. The minimum Gasteiger partial charge on any atom is -0.385 e. The summed E-state index contributed by atoms with van der Waals surface area (Å²) >= 11 is 3.59. The first kappa shape index (κ1) is 13.4. The topological polar surface area (TPSA) is 21.3 Å². The van der Waals surface area contributed by atoms with Crippen LogP contribution in [0.4, 0.5) is 5.69 Å². The van der Waals surface area contributed by atoms with Gasteiger partial charge in [0.05, 0.1) is 0 Å². The van der Waals surface area contributed by atoms with Crippen LogP contribution in [0.3, 0.4) is 0 Å². The highest BCUT2D eigenvalue weighted by Crippen LogP contribution is 2.30. The van der Waals surface area contributed by atoms with Gasteiger partial charge in [0.25, 0.3) is 0 Å². The van der Waals surface area contributed by atoms with Crippen molar-refractivity contribution < 1.29 is 4.74 Å². The van der Waals surface area contributed by atoms with Gasteiger partial charge in [-0.2, -0.15) is 0 Å². The minimum atomic E-state index is 0.398. The summed E-state index contributed by atoms with van der Waals surface area (Å²) in [5.74, 6) is 0. The van der Waals surface area contributed by atoms with Crippen molar-refractivity contribution in [3.63, 3.8) is 0 Å². The normalized spacial score (nSPS) is 12.6. The molecule has 0 aromatic heterocycles. The number of benzene rings is 2. The molecular formula is C15H18BrNO. The molecule has 1 N–H and O–H groups in total. The van der Waals surface area contributed by atoms with Gasteiger partial charge in [0.1, 0.15) is 0 Å². The number of rotatable bonds is 5. The number of hydrogen-bond donors (Lipinski definition) is 1. The van der Waals surface area contributed by atoms with Crippen LogP contribution in [0.5, 0.6) is 0 Å². The van der Waals surface area contributed by atoms with Crippen LogP contribution in [0.2, 0.25) is 0 Å². The van der Waals surface area contributed by atoms with E-state index in [2.05, 4.69) is 64.6 Å². The van der Waals surface area contributed by atoms with Gasteiger partial charge < -0.3 is 10.1 Å². The molecule has 1 unspecified atom stereocenters. The summed E-state index contributed by atoms with van der Waals surface area (Å²) in [6, 6.07) is 13.0. The zero-order chi connectivity index (χ0) is 13.0. The van der Waals surface area contributed by atoms with Gasteiger partial charge in [-0.25, -0.2) is 0 Å². The third-order valence-corrected chi connectivity index (χ3v) is 3.72. The summed E-state index contributed by atoms with van der Waals surface area (Å²) in [5, 5.41) is 6.03. The van der Waals surface area contributed by atoms with Gasteiger partial charge in [-0.3, -0.25) is 0 Å². The van der Waals surface area contributed by atoms with Crippen molar-refractivity contribution in [2.45, 2.75) is 19.4 Å². The van der Waals surface area contributed by atoms with E-state index in [-0.39, 0.29) is 0 Å². The maximum Gasteiger partial charge on any atom is 0.0481 e. The fourth-order valence-electron chi connectivity index (χ4n) is 2.02. The van der Waals surface area contributed by atoms with E-state index in [4.69, 9.17) is 4.74 Å². The number of fused-ring (bicyclic) bond motifs is 1. The van der Waals surface area contributed by atoms with E-state index in [0.29, 0.717) is 6.04 Å². The molecule has 0 aliphatic carbocycles. The van der Waals surface area contributed by atoms with Crippen LogP contribution in [-0.4, -0.2) is 19.8 Å².